The van der Waals surface area contributed by atoms with Crippen LogP contribution in [0.2, 0.25) is 0 Å². The van der Waals surface area contributed by atoms with Crippen molar-refractivity contribution in [3.8, 4) is 0 Å². The standard InChI is InChI=1S/C28H34FN5/c1-17-13-33(14-17)15-19-9-10-21-24(12-19)31-32-26(21)27-25-22(20-7-5-6-8-23(20)30-25)11-18(2)34(27)16-28(3,4)29/h5-10,12,17-18,27,30H,11,13-16H2,1-4H3,(H,31,32)/t18-,27+/m1/s1. The lowest BCUT2D eigenvalue weighted by Crippen LogP contribution is -2.47. The molecule has 6 heteroatoms. The first-order valence-electron chi connectivity index (χ1n) is 12.5. The van der Waals surface area contributed by atoms with Crippen LogP contribution in [-0.4, -0.2) is 56.3 Å². The van der Waals surface area contributed by atoms with Gasteiger partial charge in [-0.3, -0.25) is 14.9 Å². The Morgan fingerprint density at radius 2 is 1.85 bits per heavy atom. The smallest absolute Gasteiger partial charge is 0.118 e. The zero-order chi connectivity index (χ0) is 23.6. The van der Waals surface area contributed by atoms with E-state index in [-0.39, 0.29) is 12.1 Å². The van der Waals surface area contributed by atoms with E-state index in [4.69, 9.17) is 5.10 Å². The molecule has 5 nitrogen and oxygen atoms in total. The number of nitrogens with one attached hydrogen (secondary N) is 2. The molecule has 0 spiro atoms. The number of fused-ring (bicyclic) bond motifs is 4. The molecule has 2 aliphatic heterocycles. The summed E-state index contributed by atoms with van der Waals surface area (Å²) < 4.78 is 15.0. The first-order chi connectivity index (χ1) is 16.3. The Labute approximate surface area is 200 Å². The molecule has 34 heavy (non-hydrogen) atoms. The SMILES string of the molecule is CC1CN(Cc2ccc3c([C@@H]4c5[nH]c6ccccc6c5C[C@@H](C)N4CC(C)(C)F)[nH]nc3c2)C1. The molecule has 2 aromatic carbocycles. The van der Waals surface area contributed by atoms with Crippen LogP contribution in [0.3, 0.4) is 0 Å². The molecule has 0 amide bonds. The van der Waals surface area contributed by atoms with Crippen LogP contribution in [-0.2, 0) is 13.0 Å². The first-order valence-corrected chi connectivity index (χ1v) is 12.5. The molecule has 2 aliphatic rings. The van der Waals surface area contributed by atoms with Crippen molar-refractivity contribution in [3.63, 3.8) is 0 Å². The minimum absolute atomic E-state index is 0.103. The van der Waals surface area contributed by atoms with Gasteiger partial charge >= 0.3 is 0 Å². The number of H-pyrrole nitrogens is 2. The number of para-hydroxylation sites is 1. The Bertz CT molecular complexity index is 1340. The van der Waals surface area contributed by atoms with Crippen LogP contribution in [0.5, 0.6) is 0 Å². The molecule has 0 saturated carbocycles. The number of alkyl halides is 1. The molecule has 0 radical (unpaired) electrons. The molecule has 2 N–H and O–H groups in total. The van der Waals surface area contributed by atoms with E-state index in [9.17, 15) is 0 Å². The number of aromatic amines is 2. The van der Waals surface area contributed by atoms with Crippen LogP contribution in [0.4, 0.5) is 4.39 Å². The normalized spacial score (nSPS) is 22.4. The van der Waals surface area contributed by atoms with Crippen LogP contribution in [0.15, 0.2) is 42.5 Å². The number of aromatic nitrogens is 3. The van der Waals surface area contributed by atoms with Crippen LogP contribution in [0.25, 0.3) is 21.8 Å². The highest BCUT2D eigenvalue weighted by atomic mass is 19.1. The molecule has 6 rings (SSSR count). The molecular weight excluding hydrogens is 425 g/mol. The van der Waals surface area contributed by atoms with Crippen LogP contribution in [0, 0.1) is 5.92 Å². The molecular formula is C28H34FN5. The average molecular weight is 460 g/mol. The molecule has 2 aromatic heterocycles. The molecule has 178 valence electrons. The van der Waals surface area contributed by atoms with Crippen LogP contribution in [0.1, 0.15) is 56.3 Å². The topological polar surface area (TPSA) is 51.0 Å². The third kappa shape index (κ3) is 3.73. The summed E-state index contributed by atoms with van der Waals surface area (Å²) in [6.07, 6.45) is 0.899. The fourth-order valence-electron chi connectivity index (χ4n) is 6.10. The van der Waals surface area contributed by atoms with Crippen molar-refractivity contribution in [2.75, 3.05) is 19.6 Å². The summed E-state index contributed by atoms with van der Waals surface area (Å²) in [5, 5.41) is 10.5. The van der Waals surface area contributed by atoms with Gasteiger partial charge in [-0.2, -0.15) is 5.10 Å². The van der Waals surface area contributed by atoms with Crippen molar-refractivity contribution >= 4 is 21.8 Å². The Kier molecular flexibility index (Phi) is 5.08. The summed E-state index contributed by atoms with van der Waals surface area (Å²) in [6.45, 7) is 11.5. The van der Waals surface area contributed by atoms with Crippen molar-refractivity contribution in [2.24, 2.45) is 5.92 Å². The summed E-state index contributed by atoms with van der Waals surface area (Å²) in [4.78, 5) is 8.48. The summed E-state index contributed by atoms with van der Waals surface area (Å²) in [6, 6.07) is 15.2. The fourth-order valence-corrected chi connectivity index (χ4v) is 6.10. The van der Waals surface area contributed by atoms with Gasteiger partial charge in [-0.1, -0.05) is 37.3 Å². The van der Waals surface area contributed by atoms with Crippen molar-refractivity contribution in [1.29, 1.82) is 0 Å². The highest BCUT2D eigenvalue weighted by molar-refractivity contribution is 5.87. The molecule has 4 heterocycles. The van der Waals surface area contributed by atoms with Crippen molar-refractivity contribution in [3.05, 3.63) is 65.0 Å². The van der Waals surface area contributed by atoms with Gasteiger partial charge < -0.3 is 4.98 Å². The van der Waals surface area contributed by atoms with Gasteiger partial charge in [0.05, 0.1) is 17.3 Å². The van der Waals surface area contributed by atoms with Gasteiger partial charge in [0.1, 0.15) is 5.67 Å². The lowest BCUT2D eigenvalue weighted by Gasteiger charge is -2.42. The Hall–Kier alpha value is -2.70. The quantitative estimate of drug-likeness (QED) is 0.410. The maximum absolute atomic E-state index is 15.0. The number of likely N-dealkylation sites (tertiary alicyclic amines) is 1. The maximum atomic E-state index is 15.0. The van der Waals surface area contributed by atoms with Gasteiger partial charge in [0.2, 0.25) is 0 Å². The van der Waals surface area contributed by atoms with Gasteiger partial charge in [0, 0.05) is 54.2 Å². The van der Waals surface area contributed by atoms with E-state index in [1.807, 2.05) is 0 Å². The monoisotopic (exact) mass is 459 g/mol. The van der Waals surface area contributed by atoms with E-state index in [1.54, 1.807) is 13.8 Å². The summed E-state index contributed by atoms with van der Waals surface area (Å²) >= 11 is 0. The summed E-state index contributed by atoms with van der Waals surface area (Å²) in [5.74, 6) is 0.797. The van der Waals surface area contributed by atoms with E-state index in [2.05, 4.69) is 76.2 Å². The Morgan fingerprint density at radius 1 is 1.06 bits per heavy atom. The van der Waals surface area contributed by atoms with Crippen molar-refractivity contribution in [2.45, 2.75) is 58.4 Å². The Morgan fingerprint density at radius 3 is 2.62 bits per heavy atom. The Balaban J connectivity index is 1.45. The largest absolute Gasteiger partial charge is 0.357 e. The molecule has 1 saturated heterocycles. The number of rotatable bonds is 5. The van der Waals surface area contributed by atoms with E-state index in [1.165, 1.54) is 29.6 Å². The number of halogens is 1. The average Bonchev–Trinajstić information content (AvgIpc) is 3.33. The number of benzene rings is 2. The van der Waals surface area contributed by atoms with E-state index in [0.29, 0.717) is 6.54 Å². The van der Waals surface area contributed by atoms with Crippen molar-refractivity contribution in [1.82, 2.24) is 25.0 Å². The van der Waals surface area contributed by atoms with Gasteiger partial charge in [-0.05, 0) is 56.4 Å². The van der Waals surface area contributed by atoms with Gasteiger partial charge in [0.25, 0.3) is 0 Å². The van der Waals surface area contributed by atoms with Crippen LogP contribution >= 0.6 is 0 Å². The number of hydrogen-bond donors (Lipinski definition) is 2. The highest BCUT2D eigenvalue weighted by Gasteiger charge is 2.40. The predicted octanol–water partition coefficient (Wildman–Crippen LogP) is 5.58. The molecule has 0 bridgehead atoms. The minimum atomic E-state index is -1.30. The summed E-state index contributed by atoms with van der Waals surface area (Å²) in [5.41, 5.74) is 5.66. The highest BCUT2D eigenvalue weighted by Crippen LogP contribution is 2.42. The second kappa shape index (κ2) is 7.92. The number of hydrogen-bond acceptors (Lipinski definition) is 3. The number of nitrogens with zero attached hydrogens (tertiary/aromatic N) is 3. The second-order valence-corrected chi connectivity index (χ2v) is 11.2. The van der Waals surface area contributed by atoms with Gasteiger partial charge in [-0.15, -0.1) is 0 Å². The first kappa shape index (κ1) is 21.8. The van der Waals surface area contributed by atoms with Gasteiger partial charge in [-0.25, -0.2) is 4.39 Å². The zero-order valence-corrected chi connectivity index (χ0v) is 20.5. The lowest BCUT2D eigenvalue weighted by molar-refractivity contribution is 0.0658. The molecule has 0 aliphatic carbocycles. The van der Waals surface area contributed by atoms with Crippen molar-refractivity contribution < 1.29 is 4.39 Å². The predicted molar refractivity (Wildman–Crippen MR) is 136 cm³/mol. The van der Waals surface area contributed by atoms with E-state index >= 15 is 4.39 Å². The minimum Gasteiger partial charge on any atom is -0.357 e. The molecule has 4 aromatic rings. The third-order valence-electron chi connectivity index (χ3n) is 7.54. The molecule has 1 fully saturated rings. The maximum Gasteiger partial charge on any atom is 0.118 e. The fraction of sp³-hybridized carbons (Fsp3) is 0.464. The zero-order valence-electron chi connectivity index (χ0n) is 20.5. The van der Waals surface area contributed by atoms with Crippen LogP contribution < -0.4 is 0 Å². The molecule has 2 atom stereocenters. The lowest BCUT2D eigenvalue weighted by atomic mass is 9.88. The van der Waals surface area contributed by atoms with Gasteiger partial charge in [0.15, 0.2) is 0 Å². The van der Waals surface area contributed by atoms with E-state index < -0.39 is 5.67 Å². The third-order valence-corrected chi connectivity index (χ3v) is 7.54. The van der Waals surface area contributed by atoms with E-state index in [0.717, 1.165) is 46.7 Å². The second-order valence-electron chi connectivity index (χ2n) is 11.2. The molecule has 0 unspecified atom stereocenters. The summed E-state index contributed by atoms with van der Waals surface area (Å²) in [7, 11) is 0.